The molecule has 3 unspecified atom stereocenters. The van der Waals surface area contributed by atoms with Crippen LogP contribution in [0.2, 0.25) is 0 Å². The van der Waals surface area contributed by atoms with Gasteiger partial charge >= 0.3 is 0 Å². The maximum absolute atomic E-state index is 12.5. The summed E-state index contributed by atoms with van der Waals surface area (Å²) in [5.41, 5.74) is 3.60. The molecule has 1 amide bonds. The van der Waals surface area contributed by atoms with Crippen molar-refractivity contribution in [3.63, 3.8) is 0 Å². The van der Waals surface area contributed by atoms with Crippen LogP contribution in [0, 0.1) is 11.8 Å². The quantitative estimate of drug-likeness (QED) is 0.411. The van der Waals surface area contributed by atoms with Gasteiger partial charge in [0.05, 0.1) is 16.0 Å². The van der Waals surface area contributed by atoms with Crippen LogP contribution >= 0.6 is 11.8 Å². The highest BCUT2D eigenvalue weighted by atomic mass is 32.2. The average molecular weight is 418 g/mol. The number of hydrogen-bond donors (Lipinski definition) is 1. The van der Waals surface area contributed by atoms with Gasteiger partial charge in [0.15, 0.2) is 0 Å². The van der Waals surface area contributed by atoms with Gasteiger partial charge in [-0.2, -0.15) is 0 Å². The first kappa shape index (κ1) is 20.7. The fourth-order valence-corrected chi connectivity index (χ4v) is 6.22. The molecule has 0 aromatic heterocycles. The standard InChI is InChI=1S/C26H27NO2S/c1-19(18-29-2)23-24(28)27-25(23)30-26(20-12-6-3-7-13-20,21-14-8-4-9-15-21)22-16-10-5-11-17-22/h3-17,19,23,25H,18H2,1-2H3,(H,27,28). The molecule has 0 spiro atoms. The van der Waals surface area contributed by atoms with Crippen LogP contribution in [0.1, 0.15) is 23.6 Å². The molecule has 0 radical (unpaired) electrons. The van der Waals surface area contributed by atoms with Crippen LogP contribution in [0.15, 0.2) is 91.0 Å². The molecule has 3 aromatic rings. The molecule has 4 heteroatoms. The number of thioether (sulfide) groups is 1. The van der Waals surface area contributed by atoms with E-state index >= 15 is 0 Å². The Labute approximate surface area is 182 Å². The van der Waals surface area contributed by atoms with Crippen molar-refractivity contribution in [1.29, 1.82) is 0 Å². The zero-order chi connectivity index (χ0) is 21.0. The van der Waals surface area contributed by atoms with Gasteiger partial charge in [-0.05, 0) is 22.6 Å². The van der Waals surface area contributed by atoms with Crippen molar-refractivity contribution in [2.45, 2.75) is 17.0 Å². The van der Waals surface area contributed by atoms with Crippen molar-refractivity contribution in [2.24, 2.45) is 11.8 Å². The molecule has 0 saturated carbocycles. The van der Waals surface area contributed by atoms with E-state index in [4.69, 9.17) is 4.74 Å². The Balaban J connectivity index is 1.85. The normalized spacial score (nSPS) is 19.6. The maximum atomic E-state index is 12.5. The summed E-state index contributed by atoms with van der Waals surface area (Å²) in [7, 11) is 1.69. The van der Waals surface area contributed by atoms with Crippen LogP contribution in [0.4, 0.5) is 0 Å². The van der Waals surface area contributed by atoms with Crippen LogP contribution in [0.3, 0.4) is 0 Å². The van der Waals surface area contributed by atoms with Gasteiger partial charge in [0.25, 0.3) is 0 Å². The molecule has 30 heavy (non-hydrogen) atoms. The fraction of sp³-hybridized carbons (Fsp3) is 0.269. The zero-order valence-electron chi connectivity index (χ0n) is 17.3. The number of ether oxygens (including phenoxy) is 1. The molecule has 0 aliphatic carbocycles. The summed E-state index contributed by atoms with van der Waals surface area (Å²) in [6.45, 7) is 2.67. The van der Waals surface area contributed by atoms with Gasteiger partial charge in [-0.3, -0.25) is 4.79 Å². The number of rotatable bonds is 8. The molecule has 1 heterocycles. The first-order valence-corrected chi connectivity index (χ1v) is 11.2. The third-order valence-electron chi connectivity index (χ3n) is 5.80. The Morgan fingerprint density at radius 3 is 1.67 bits per heavy atom. The number of hydrogen-bond acceptors (Lipinski definition) is 3. The molecule has 1 fully saturated rings. The molecule has 3 atom stereocenters. The summed E-state index contributed by atoms with van der Waals surface area (Å²) >= 11 is 1.82. The summed E-state index contributed by atoms with van der Waals surface area (Å²) in [6.07, 6.45) is 0. The minimum absolute atomic E-state index is 0.00303. The lowest BCUT2D eigenvalue weighted by Gasteiger charge is -2.46. The average Bonchev–Trinajstić information content (AvgIpc) is 2.78. The lowest BCUT2D eigenvalue weighted by Crippen LogP contribution is -2.60. The minimum Gasteiger partial charge on any atom is -0.384 e. The topological polar surface area (TPSA) is 38.3 Å². The molecular weight excluding hydrogens is 390 g/mol. The summed E-state index contributed by atoms with van der Waals surface area (Å²) in [6, 6.07) is 31.7. The molecule has 1 aliphatic heterocycles. The lowest BCUT2D eigenvalue weighted by atomic mass is 9.84. The van der Waals surface area contributed by atoms with Gasteiger partial charge in [-0.25, -0.2) is 0 Å². The van der Waals surface area contributed by atoms with Gasteiger partial charge in [0, 0.05) is 13.7 Å². The largest absolute Gasteiger partial charge is 0.384 e. The Hall–Kier alpha value is -2.56. The van der Waals surface area contributed by atoms with E-state index in [0.29, 0.717) is 6.61 Å². The predicted octanol–water partition coefficient (Wildman–Crippen LogP) is 5.07. The van der Waals surface area contributed by atoms with Crippen molar-refractivity contribution in [3.05, 3.63) is 108 Å². The van der Waals surface area contributed by atoms with E-state index in [0.717, 1.165) is 0 Å². The van der Waals surface area contributed by atoms with Crippen molar-refractivity contribution >= 4 is 17.7 Å². The minimum atomic E-state index is -0.437. The van der Waals surface area contributed by atoms with E-state index in [1.54, 1.807) is 7.11 Å². The van der Waals surface area contributed by atoms with Crippen LogP contribution in [0.5, 0.6) is 0 Å². The number of carbonyl (C=O) groups excluding carboxylic acids is 1. The van der Waals surface area contributed by atoms with Crippen LogP contribution < -0.4 is 5.32 Å². The molecule has 1 saturated heterocycles. The molecular formula is C26H27NO2S. The molecule has 1 aliphatic rings. The second kappa shape index (κ2) is 9.07. The maximum Gasteiger partial charge on any atom is 0.227 e. The summed E-state index contributed by atoms with van der Waals surface area (Å²) < 4.78 is 4.91. The molecule has 4 rings (SSSR count). The van der Waals surface area contributed by atoms with E-state index in [1.165, 1.54) is 16.7 Å². The van der Waals surface area contributed by atoms with Crippen molar-refractivity contribution in [1.82, 2.24) is 5.32 Å². The monoisotopic (exact) mass is 417 g/mol. The zero-order valence-corrected chi connectivity index (χ0v) is 18.1. The molecule has 154 valence electrons. The predicted molar refractivity (Wildman–Crippen MR) is 123 cm³/mol. The molecule has 0 bridgehead atoms. The Morgan fingerprint density at radius 1 is 0.867 bits per heavy atom. The van der Waals surface area contributed by atoms with Crippen molar-refractivity contribution in [3.8, 4) is 0 Å². The summed E-state index contributed by atoms with van der Waals surface area (Å²) in [5, 5.41) is 3.17. The van der Waals surface area contributed by atoms with E-state index in [-0.39, 0.29) is 23.1 Å². The van der Waals surface area contributed by atoms with Crippen LogP contribution in [0.25, 0.3) is 0 Å². The second-order valence-corrected chi connectivity index (χ2v) is 9.14. The number of methoxy groups -OCH3 is 1. The Kier molecular flexibility index (Phi) is 6.26. The number of nitrogens with one attached hydrogen (secondary N) is 1. The van der Waals surface area contributed by atoms with E-state index in [2.05, 4.69) is 85.0 Å². The van der Waals surface area contributed by atoms with E-state index < -0.39 is 4.75 Å². The third kappa shape index (κ3) is 3.78. The molecule has 3 nitrogen and oxygen atoms in total. The smallest absolute Gasteiger partial charge is 0.227 e. The Morgan fingerprint density at radius 2 is 1.30 bits per heavy atom. The van der Waals surface area contributed by atoms with E-state index in [1.807, 2.05) is 30.0 Å². The van der Waals surface area contributed by atoms with Gasteiger partial charge < -0.3 is 10.1 Å². The summed E-state index contributed by atoms with van der Waals surface area (Å²) in [4.78, 5) is 12.5. The van der Waals surface area contributed by atoms with E-state index in [9.17, 15) is 4.79 Å². The highest BCUT2D eigenvalue weighted by molar-refractivity contribution is 8.01. The molecule has 3 aromatic carbocycles. The fourth-order valence-electron chi connectivity index (χ4n) is 4.31. The second-order valence-electron chi connectivity index (χ2n) is 7.78. The van der Waals surface area contributed by atoms with Gasteiger partial charge in [0.2, 0.25) is 5.91 Å². The SMILES string of the molecule is COCC(C)C1C(=O)NC1SC(c1ccccc1)(c1ccccc1)c1ccccc1. The highest BCUT2D eigenvalue weighted by Crippen LogP contribution is 2.52. The van der Waals surface area contributed by atoms with Crippen molar-refractivity contribution in [2.75, 3.05) is 13.7 Å². The molecule has 1 N–H and O–H groups in total. The first-order valence-electron chi connectivity index (χ1n) is 10.3. The van der Waals surface area contributed by atoms with Gasteiger partial charge in [-0.1, -0.05) is 97.9 Å². The number of amides is 1. The lowest BCUT2D eigenvalue weighted by molar-refractivity contribution is -0.135. The van der Waals surface area contributed by atoms with Gasteiger partial charge in [-0.15, -0.1) is 11.8 Å². The van der Waals surface area contributed by atoms with Crippen LogP contribution in [-0.2, 0) is 14.3 Å². The third-order valence-corrected chi connectivity index (χ3v) is 7.53. The number of β-lactam (4-membered cyclic amide) rings is 1. The Bertz CT molecular complexity index is 865. The summed E-state index contributed by atoms with van der Waals surface area (Å²) in [5.74, 6) is 0.187. The number of carbonyl (C=O) groups is 1. The number of benzene rings is 3. The van der Waals surface area contributed by atoms with Gasteiger partial charge in [0.1, 0.15) is 0 Å². The highest BCUT2D eigenvalue weighted by Gasteiger charge is 2.49. The first-order chi connectivity index (χ1) is 14.7. The van der Waals surface area contributed by atoms with Crippen molar-refractivity contribution < 1.29 is 9.53 Å². The van der Waals surface area contributed by atoms with Crippen LogP contribution in [-0.4, -0.2) is 25.0 Å².